The molecule has 38 heteroatoms. The van der Waals surface area contributed by atoms with E-state index in [-0.39, 0.29) is 50.6 Å². The molecule has 13 atom stereocenters. The molecular formula is C55H90N16O22. The molecule has 0 spiro atoms. The molecule has 0 aromatic heterocycles. The Labute approximate surface area is 534 Å². The van der Waals surface area contributed by atoms with Crippen molar-refractivity contribution in [2.75, 3.05) is 39.5 Å². The number of likely N-dealkylation sites (tertiary alicyclic amines) is 2. The van der Waals surface area contributed by atoms with Gasteiger partial charge >= 0.3 is 11.9 Å². The monoisotopic (exact) mass is 1330 g/mol. The summed E-state index contributed by atoms with van der Waals surface area (Å²) in [5.74, 6) is -18.7. The van der Waals surface area contributed by atoms with E-state index in [0.717, 1.165) is 23.6 Å². The van der Waals surface area contributed by atoms with Crippen molar-refractivity contribution in [1.82, 2.24) is 68.3 Å². The first kappa shape index (κ1) is 79.9. The van der Waals surface area contributed by atoms with Gasteiger partial charge in [0.15, 0.2) is 0 Å². The van der Waals surface area contributed by atoms with Gasteiger partial charge in [0.25, 0.3) is 0 Å². The second-order valence-electron chi connectivity index (χ2n) is 23.2. The van der Waals surface area contributed by atoms with E-state index in [1.807, 2.05) is 0 Å². The van der Waals surface area contributed by atoms with E-state index < -0.39 is 238 Å². The average Bonchev–Trinajstić information content (AvgIpc) is 1.76. The lowest BCUT2D eigenvalue weighted by Crippen LogP contribution is -2.61. The highest BCUT2D eigenvalue weighted by molar-refractivity contribution is 6.00. The van der Waals surface area contributed by atoms with Crippen LogP contribution in [0.3, 0.4) is 0 Å². The van der Waals surface area contributed by atoms with Crippen LogP contribution in [0.5, 0.6) is 0 Å². The van der Waals surface area contributed by atoms with E-state index in [2.05, 4.69) is 58.5 Å². The van der Waals surface area contributed by atoms with Crippen LogP contribution in [0.4, 0.5) is 0 Å². The molecular weight excluding hydrogens is 1240 g/mol. The van der Waals surface area contributed by atoms with E-state index >= 15 is 0 Å². The van der Waals surface area contributed by atoms with Gasteiger partial charge < -0.3 is 111 Å². The van der Waals surface area contributed by atoms with Crippen LogP contribution in [0, 0.1) is 11.8 Å². The zero-order valence-electron chi connectivity index (χ0n) is 52.8. The van der Waals surface area contributed by atoms with Crippen molar-refractivity contribution < 1.29 is 107 Å². The number of aliphatic hydroxyl groups excluding tert-OH is 3. The molecule has 2 rings (SSSR count). The first-order chi connectivity index (χ1) is 43.5. The van der Waals surface area contributed by atoms with E-state index in [4.69, 9.17) is 17.2 Å². The largest absolute Gasteiger partial charge is 0.481 e. The molecule has 93 heavy (non-hydrogen) atoms. The Morgan fingerprint density at radius 2 is 0.849 bits per heavy atom. The number of carbonyl (C=O) groups excluding carboxylic acids is 15. The summed E-state index contributed by atoms with van der Waals surface area (Å²) in [5.41, 5.74) is 16.6. The number of aliphatic hydroxyl groups is 3. The number of amides is 15. The molecule has 38 nitrogen and oxygen atoms in total. The number of hydrogen-bond donors (Lipinski definition) is 19. The van der Waals surface area contributed by atoms with Crippen molar-refractivity contribution in [3.8, 4) is 0 Å². The summed E-state index contributed by atoms with van der Waals surface area (Å²) in [5, 5.41) is 74.4. The third-order valence-corrected chi connectivity index (χ3v) is 14.8. The number of primary amides is 2. The van der Waals surface area contributed by atoms with Gasteiger partial charge in [-0.2, -0.15) is 0 Å². The summed E-state index contributed by atoms with van der Waals surface area (Å²) in [7, 11) is 0. The number of hydrogen-bond acceptors (Lipinski definition) is 21. The van der Waals surface area contributed by atoms with Crippen LogP contribution in [0.25, 0.3) is 0 Å². The SMILES string of the molecule is CC(C)C[C@H](NC(=O)[C@@H]1CCCN1C(=O)[C@H](CO)NC(=O)[C@H](C)NC(=O)[C@H](CCC(=O)O)NC(=O)[C@H](CC(=O)O)NC(=O)[C@H](CCC(N)=O)NC(=O)[C@H](C)NC(=O)[C@H](CO)NC(=O)[C@@H]1CCCN1C(=O)[C@H](CO)NC(=O)CNC(=O)[C@H](C)NC(=O)[C@@H](N)C(C)C)C(N)=O. The number of carboxylic acid groups (broad SMARTS) is 2. The van der Waals surface area contributed by atoms with Crippen LogP contribution in [0.2, 0.25) is 0 Å². The highest BCUT2D eigenvalue weighted by atomic mass is 16.4. The number of nitrogens with zero attached hydrogens (tertiary/aromatic N) is 2. The Morgan fingerprint density at radius 3 is 1.29 bits per heavy atom. The fourth-order valence-corrected chi connectivity index (χ4v) is 9.44. The van der Waals surface area contributed by atoms with Gasteiger partial charge in [0, 0.05) is 25.9 Å². The zero-order chi connectivity index (χ0) is 70.7. The molecule has 0 saturated carbocycles. The van der Waals surface area contributed by atoms with Crippen molar-refractivity contribution >= 4 is 101 Å². The molecule has 522 valence electrons. The predicted octanol–water partition coefficient (Wildman–Crippen LogP) is -9.91. The second-order valence-corrected chi connectivity index (χ2v) is 23.2. The first-order valence-corrected chi connectivity index (χ1v) is 30.0. The number of aliphatic carboxylic acids is 2. The van der Waals surface area contributed by atoms with Crippen molar-refractivity contribution in [3.63, 3.8) is 0 Å². The second kappa shape index (κ2) is 38.6. The third-order valence-electron chi connectivity index (χ3n) is 14.8. The molecule has 2 aliphatic heterocycles. The maximum absolute atomic E-state index is 13.8. The third kappa shape index (κ3) is 26.2. The van der Waals surface area contributed by atoms with Gasteiger partial charge in [-0.25, -0.2) is 0 Å². The minimum absolute atomic E-state index is 0.000324. The number of nitrogens with one attached hydrogen (secondary N) is 11. The minimum Gasteiger partial charge on any atom is -0.481 e. The topological polar surface area (TPSA) is 608 Å². The van der Waals surface area contributed by atoms with Gasteiger partial charge in [-0.1, -0.05) is 27.7 Å². The van der Waals surface area contributed by atoms with Crippen molar-refractivity contribution in [1.29, 1.82) is 0 Å². The average molecular weight is 1330 g/mol. The smallest absolute Gasteiger partial charge is 0.305 e. The minimum atomic E-state index is -2.13. The van der Waals surface area contributed by atoms with Crippen LogP contribution >= 0.6 is 0 Å². The summed E-state index contributed by atoms with van der Waals surface area (Å²) in [6, 6.07) is -19.8. The van der Waals surface area contributed by atoms with Crippen molar-refractivity contribution in [2.24, 2.45) is 29.0 Å². The number of rotatable bonds is 39. The number of carbonyl (C=O) groups is 17. The summed E-state index contributed by atoms with van der Waals surface area (Å²) in [4.78, 5) is 223. The predicted molar refractivity (Wildman–Crippen MR) is 319 cm³/mol. The molecule has 2 aliphatic rings. The molecule has 2 fully saturated rings. The fraction of sp³-hybridized carbons (Fsp3) is 0.691. The first-order valence-electron chi connectivity index (χ1n) is 30.0. The van der Waals surface area contributed by atoms with Gasteiger partial charge in [-0.05, 0) is 77.6 Å². The van der Waals surface area contributed by atoms with Gasteiger partial charge in [0.05, 0.1) is 38.8 Å². The van der Waals surface area contributed by atoms with Crippen molar-refractivity contribution in [3.05, 3.63) is 0 Å². The molecule has 0 radical (unpaired) electrons. The Hall–Kier alpha value is -9.17. The summed E-state index contributed by atoms with van der Waals surface area (Å²) in [6.07, 6.45) is -3.10. The Kier molecular flexibility index (Phi) is 33.2. The molecule has 15 amide bonds. The highest BCUT2D eigenvalue weighted by Crippen LogP contribution is 2.21. The molecule has 0 aliphatic carbocycles. The van der Waals surface area contributed by atoms with Gasteiger partial charge in [-0.3, -0.25) is 81.5 Å². The summed E-state index contributed by atoms with van der Waals surface area (Å²) < 4.78 is 0. The van der Waals surface area contributed by atoms with Crippen LogP contribution < -0.4 is 75.7 Å². The van der Waals surface area contributed by atoms with Crippen LogP contribution in [-0.4, -0.2) is 254 Å². The van der Waals surface area contributed by atoms with Crippen molar-refractivity contribution in [2.45, 2.75) is 191 Å². The standard InChI is InChI=1S/C55H90N16O22/c1-24(2)18-31(43(58)81)66-51(89)36-10-8-17-71(36)55(93)35(23-74)69-46(84)28(7)60-47(85)30(13-15-40(77)78)65-49(87)32(19-41(79)80)67-48(86)29(12-14-38(56)75)64-45(83)27(6)61-50(88)33(21-72)68-52(90)37-11-9-16-70(37)54(92)34(22-73)63-39(76)20-59-44(82)26(5)62-53(91)42(57)25(3)4/h24-37,42,72-74H,8-23,57H2,1-7H3,(H2,56,75)(H2,58,81)(H,59,82)(H,60,85)(H,61,88)(H,62,91)(H,63,76)(H,64,83)(H,65,87)(H,66,89)(H,67,86)(H,68,90)(H,69,84)(H,77,78)(H,79,80)/t26-,27-,28-,29-,30-,31-,32-,33-,34-,35-,36-,37-,42-/m0/s1. The van der Waals surface area contributed by atoms with E-state index in [1.54, 1.807) is 27.7 Å². The number of nitrogens with two attached hydrogens (primary N) is 3. The van der Waals surface area contributed by atoms with Crippen LogP contribution in [0.1, 0.15) is 113 Å². The molecule has 0 aromatic rings. The Morgan fingerprint density at radius 1 is 0.452 bits per heavy atom. The van der Waals surface area contributed by atoms with Crippen LogP contribution in [-0.2, 0) is 81.5 Å². The molecule has 0 aromatic carbocycles. The molecule has 0 unspecified atom stereocenters. The van der Waals surface area contributed by atoms with Crippen LogP contribution in [0.15, 0.2) is 0 Å². The normalized spacial score (nSPS) is 17.9. The molecule has 2 heterocycles. The zero-order valence-corrected chi connectivity index (χ0v) is 52.8. The Bertz CT molecular complexity index is 2750. The molecule has 0 bridgehead atoms. The fourth-order valence-electron chi connectivity index (χ4n) is 9.44. The maximum Gasteiger partial charge on any atom is 0.305 e. The lowest BCUT2D eigenvalue weighted by Gasteiger charge is -2.30. The van der Waals surface area contributed by atoms with E-state index in [9.17, 15) is 107 Å². The quantitative estimate of drug-likeness (QED) is 0.0272. The summed E-state index contributed by atoms with van der Waals surface area (Å²) in [6.45, 7) is 6.68. The highest BCUT2D eigenvalue weighted by Gasteiger charge is 2.42. The lowest BCUT2D eigenvalue weighted by atomic mass is 10.0. The van der Waals surface area contributed by atoms with Gasteiger partial charge in [-0.15, -0.1) is 0 Å². The van der Waals surface area contributed by atoms with Gasteiger partial charge in [0.2, 0.25) is 88.6 Å². The molecule has 2 saturated heterocycles. The maximum atomic E-state index is 13.8. The van der Waals surface area contributed by atoms with Gasteiger partial charge in [0.1, 0.15) is 72.5 Å². The molecule has 22 N–H and O–H groups in total. The van der Waals surface area contributed by atoms with E-state index in [1.165, 1.54) is 6.92 Å². The van der Waals surface area contributed by atoms with E-state index in [0.29, 0.717) is 6.42 Å². The summed E-state index contributed by atoms with van der Waals surface area (Å²) >= 11 is 0. The number of carboxylic acids is 2. The lowest BCUT2D eigenvalue weighted by molar-refractivity contribution is -0.143. The Balaban J connectivity index is 2.18.